The molecule has 0 aliphatic heterocycles. The van der Waals surface area contributed by atoms with Crippen molar-refractivity contribution in [2.45, 2.75) is 39.9 Å². The van der Waals surface area contributed by atoms with Gasteiger partial charge in [-0.2, -0.15) is 0 Å². The molecule has 0 heterocycles. The molecule has 94 valence electrons. The summed E-state index contributed by atoms with van der Waals surface area (Å²) in [6.07, 6.45) is 2.07. The molecule has 17 heavy (non-hydrogen) atoms. The van der Waals surface area contributed by atoms with Crippen LogP contribution in [0, 0.1) is 3.57 Å². The van der Waals surface area contributed by atoms with E-state index in [1.165, 1.54) is 0 Å². The molecule has 0 atom stereocenters. The molecule has 0 N–H and O–H groups in total. The second-order valence-electron chi connectivity index (χ2n) is 4.37. The zero-order valence-corrected chi connectivity index (χ0v) is 12.9. The molecule has 0 saturated carbocycles. The fraction of sp³-hybridized carbons (Fsp3) is 0.429. The lowest BCUT2D eigenvalue weighted by molar-refractivity contribution is 0.197. The zero-order chi connectivity index (χ0) is 13.0. The Balaban J connectivity index is 3.18. The molecule has 0 unspecified atom stereocenters. The highest BCUT2D eigenvalue weighted by molar-refractivity contribution is 14.1. The molecule has 1 aromatic rings. The van der Waals surface area contributed by atoms with Crippen LogP contribution in [0.3, 0.4) is 0 Å². The van der Waals surface area contributed by atoms with E-state index < -0.39 is 0 Å². The molecule has 0 aliphatic rings. The summed E-state index contributed by atoms with van der Waals surface area (Å²) in [6, 6.07) is 4.01. The second kappa shape index (κ2) is 6.28. The maximum absolute atomic E-state index is 5.81. The van der Waals surface area contributed by atoms with Crippen LogP contribution in [0.25, 0.3) is 6.08 Å². The first kappa shape index (κ1) is 14.4. The predicted octanol–water partition coefficient (Wildman–Crippen LogP) is 4.51. The third-order valence-electron chi connectivity index (χ3n) is 1.98. The molecular formula is C14H19IO2. The van der Waals surface area contributed by atoms with Gasteiger partial charge < -0.3 is 9.47 Å². The van der Waals surface area contributed by atoms with E-state index in [1.54, 1.807) is 0 Å². The van der Waals surface area contributed by atoms with Gasteiger partial charge in [-0.15, -0.1) is 0 Å². The Bertz CT molecular complexity index is 397. The average molecular weight is 346 g/mol. The minimum Gasteiger partial charge on any atom is -0.487 e. The fourth-order valence-electron chi connectivity index (χ4n) is 1.40. The second-order valence-corrected chi connectivity index (χ2v) is 5.53. The largest absolute Gasteiger partial charge is 0.487 e. The van der Waals surface area contributed by atoms with Gasteiger partial charge >= 0.3 is 0 Å². The highest BCUT2D eigenvalue weighted by atomic mass is 127. The summed E-state index contributed by atoms with van der Waals surface area (Å²) in [5, 5.41) is 0. The minimum absolute atomic E-state index is 0.125. The Morgan fingerprint density at radius 3 is 2.18 bits per heavy atom. The number of halogens is 1. The molecular weight excluding hydrogens is 327 g/mol. The molecule has 3 heteroatoms. The lowest BCUT2D eigenvalue weighted by atomic mass is 10.2. The SMILES string of the molecule is C=Cc1cc(I)c(OC(C)C)c(OC(C)C)c1. The van der Waals surface area contributed by atoms with E-state index in [1.807, 2.05) is 45.9 Å². The number of hydrogen-bond donors (Lipinski definition) is 0. The molecule has 0 saturated heterocycles. The van der Waals surface area contributed by atoms with Crippen molar-refractivity contribution in [3.05, 3.63) is 27.8 Å². The van der Waals surface area contributed by atoms with Crippen LogP contribution < -0.4 is 9.47 Å². The summed E-state index contributed by atoms with van der Waals surface area (Å²) in [4.78, 5) is 0. The van der Waals surface area contributed by atoms with Crippen molar-refractivity contribution in [3.63, 3.8) is 0 Å². The van der Waals surface area contributed by atoms with E-state index in [9.17, 15) is 0 Å². The van der Waals surface area contributed by atoms with E-state index in [0.29, 0.717) is 0 Å². The summed E-state index contributed by atoms with van der Waals surface area (Å²) in [5.74, 6) is 1.61. The topological polar surface area (TPSA) is 18.5 Å². The predicted molar refractivity (Wildman–Crippen MR) is 80.8 cm³/mol. The number of ether oxygens (including phenoxy) is 2. The smallest absolute Gasteiger partial charge is 0.174 e. The number of benzene rings is 1. The van der Waals surface area contributed by atoms with Crippen molar-refractivity contribution < 1.29 is 9.47 Å². The molecule has 0 bridgehead atoms. The van der Waals surface area contributed by atoms with Crippen LogP contribution in [-0.2, 0) is 0 Å². The highest BCUT2D eigenvalue weighted by Gasteiger charge is 2.13. The first-order valence-corrected chi connectivity index (χ1v) is 6.81. The Morgan fingerprint density at radius 1 is 1.12 bits per heavy atom. The zero-order valence-electron chi connectivity index (χ0n) is 10.8. The van der Waals surface area contributed by atoms with Gasteiger partial charge in [0.25, 0.3) is 0 Å². The Morgan fingerprint density at radius 2 is 1.71 bits per heavy atom. The van der Waals surface area contributed by atoms with Crippen molar-refractivity contribution >= 4 is 28.7 Å². The van der Waals surface area contributed by atoms with Crippen LogP contribution >= 0.6 is 22.6 Å². The van der Waals surface area contributed by atoms with Gasteiger partial charge in [-0.25, -0.2) is 0 Å². The average Bonchev–Trinajstić information content (AvgIpc) is 2.21. The van der Waals surface area contributed by atoms with E-state index in [2.05, 4.69) is 29.2 Å². The van der Waals surface area contributed by atoms with Crippen LogP contribution in [0.4, 0.5) is 0 Å². The Labute approximate surface area is 117 Å². The quantitative estimate of drug-likeness (QED) is 0.731. The van der Waals surface area contributed by atoms with E-state index in [0.717, 1.165) is 20.6 Å². The van der Waals surface area contributed by atoms with Gasteiger partial charge in [0.1, 0.15) is 0 Å². The minimum atomic E-state index is 0.125. The van der Waals surface area contributed by atoms with Crippen molar-refractivity contribution in [1.29, 1.82) is 0 Å². The summed E-state index contributed by atoms with van der Waals surface area (Å²) in [7, 11) is 0. The van der Waals surface area contributed by atoms with Crippen LogP contribution in [0.15, 0.2) is 18.7 Å². The molecule has 0 fully saturated rings. The van der Waals surface area contributed by atoms with E-state index >= 15 is 0 Å². The number of hydrogen-bond acceptors (Lipinski definition) is 2. The molecule has 0 aliphatic carbocycles. The van der Waals surface area contributed by atoms with Gasteiger partial charge in [0.2, 0.25) is 0 Å². The lowest BCUT2D eigenvalue weighted by Crippen LogP contribution is -2.12. The molecule has 0 radical (unpaired) electrons. The summed E-state index contributed by atoms with van der Waals surface area (Å²) < 4.78 is 12.6. The van der Waals surface area contributed by atoms with E-state index in [4.69, 9.17) is 9.47 Å². The first-order chi connectivity index (χ1) is 7.93. The molecule has 1 aromatic carbocycles. The Hall–Kier alpha value is -0.710. The van der Waals surface area contributed by atoms with Crippen LogP contribution in [0.2, 0.25) is 0 Å². The molecule has 2 nitrogen and oxygen atoms in total. The summed E-state index contributed by atoms with van der Waals surface area (Å²) >= 11 is 2.26. The summed E-state index contributed by atoms with van der Waals surface area (Å²) in [5.41, 5.74) is 1.04. The van der Waals surface area contributed by atoms with E-state index in [-0.39, 0.29) is 12.2 Å². The van der Waals surface area contributed by atoms with Gasteiger partial charge in [0.15, 0.2) is 11.5 Å². The maximum atomic E-state index is 5.81. The fourth-order valence-corrected chi connectivity index (χ4v) is 2.15. The van der Waals surface area contributed by atoms with Crippen LogP contribution in [0.5, 0.6) is 11.5 Å². The normalized spacial score (nSPS) is 10.8. The van der Waals surface area contributed by atoms with Crippen molar-refractivity contribution in [2.75, 3.05) is 0 Å². The van der Waals surface area contributed by atoms with Crippen LogP contribution in [-0.4, -0.2) is 12.2 Å². The van der Waals surface area contributed by atoms with Gasteiger partial charge in [-0.1, -0.05) is 12.7 Å². The summed E-state index contributed by atoms with van der Waals surface area (Å²) in [6.45, 7) is 11.8. The molecule has 0 aromatic heterocycles. The lowest BCUT2D eigenvalue weighted by Gasteiger charge is -2.19. The third-order valence-corrected chi connectivity index (χ3v) is 2.79. The first-order valence-electron chi connectivity index (χ1n) is 5.73. The van der Waals surface area contributed by atoms with Crippen molar-refractivity contribution in [2.24, 2.45) is 0 Å². The Kier molecular flexibility index (Phi) is 5.31. The van der Waals surface area contributed by atoms with Gasteiger partial charge in [0.05, 0.1) is 15.8 Å². The molecule has 1 rings (SSSR count). The van der Waals surface area contributed by atoms with Gasteiger partial charge in [0, 0.05) is 0 Å². The standard InChI is InChI=1S/C14H19IO2/c1-6-11-7-12(15)14(17-10(4)5)13(8-11)16-9(2)3/h6-10H,1H2,2-5H3. The van der Waals surface area contributed by atoms with Crippen molar-refractivity contribution in [1.82, 2.24) is 0 Å². The molecule has 0 spiro atoms. The molecule has 0 amide bonds. The van der Waals surface area contributed by atoms with Crippen molar-refractivity contribution in [3.8, 4) is 11.5 Å². The monoisotopic (exact) mass is 346 g/mol. The number of rotatable bonds is 5. The van der Waals surface area contributed by atoms with Gasteiger partial charge in [-0.05, 0) is 68.0 Å². The van der Waals surface area contributed by atoms with Crippen LogP contribution in [0.1, 0.15) is 33.3 Å². The van der Waals surface area contributed by atoms with Gasteiger partial charge in [-0.3, -0.25) is 0 Å². The highest BCUT2D eigenvalue weighted by Crippen LogP contribution is 2.35. The maximum Gasteiger partial charge on any atom is 0.174 e. The third kappa shape index (κ3) is 4.22.